The highest BCUT2D eigenvalue weighted by atomic mass is 16.5. The molecule has 0 heterocycles. The summed E-state index contributed by atoms with van der Waals surface area (Å²) >= 11 is 0. The van der Waals surface area contributed by atoms with Crippen LogP contribution in [0.15, 0.2) is 0 Å². The average Bonchev–Trinajstić information content (AvgIpc) is 2.30. The molecule has 1 amide bonds. The Morgan fingerprint density at radius 2 is 1.88 bits per heavy atom. The summed E-state index contributed by atoms with van der Waals surface area (Å²) < 4.78 is 5.21. The first kappa shape index (κ1) is 15.9. The van der Waals surface area contributed by atoms with Crippen LogP contribution in [0.25, 0.3) is 0 Å². The van der Waals surface area contributed by atoms with Crippen LogP contribution in [0.1, 0.15) is 58.8 Å². The van der Waals surface area contributed by atoms with Crippen LogP contribution in [0.2, 0.25) is 0 Å². The van der Waals surface area contributed by atoms with Crippen molar-refractivity contribution >= 4 is 11.9 Å². The first-order valence-corrected chi connectivity index (χ1v) is 6.48. The van der Waals surface area contributed by atoms with Crippen molar-refractivity contribution < 1.29 is 14.3 Å². The fourth-order valence-corrected chi connectivity index (χ4v) is 1.71. The Morgan fingerprint density at radius 3 is 2.41 bits per heavy atom. The minimum atomic E-state index is -0.262. The SMILES string of the molecule is CCCCCC[C@H](CCC(=O)NC)OC(C)=O. The lowest BCUT2D eigenvalue weighted by Crippen LogP contribution is -2.22. The lowest BCUT2D eigenvalue weighted by Gasteiger charge is -2.16. The fraction of sp³-hybridized carbons (Fsp3) is 0.846. The second-order valence-electron chi connectivity index (χ2n) is 4.29. The van der Waals surface area contributed by atoms with Crippen LogP contribution in [-0.2, 0) is 14.3 Å². The van der Waals surface area contributed by atoms with Gasteiger partial charge < -0.3 is 10.1 Å². The maximum atomic E-state index is 11.1. The van der Waals surface area contributed by atoms with Gasteiger partial charge in [-0.15, -0.1) is 0 Å². The number of unbranched alkanes of at least 4 members (excludes halogenated alkanes) is 3. The molecule has 0 fully saturated rings. The molecule has 0 rings (SSSR count). The van der Waals surface area contributed by atoms with Crippen LogP contribution in [0.3, 0.4) is 0 Å². The maximum Gasteiger partial charge on any atom is 0.302 e. The van der Waals surface area contributed by atoms with E-state index in [1.807, 2.05) is 0 Å². The molecule has 0 unspecified atom stereocenters. The summed E-state index contributed by atoms with van der Waals surface area (Å²) in [7, 11) is 1.62. The van der Waals surface area contributed by atoms with Crippen molar-refractivity contribution in [1.29, 1.82) is 0 Å². The molecule has 0 aliphatic heterocycles. The van der Waals surface area contributed by atoms with E-state index in [1.54, 1.807) is 7.05 Å². The molecule has 0 aliphatic rings. The van der Waals surface area contributed by atoms with Crippen molar-refractivity contribution in [3.8, 4) is 0 Å². The Balaban J connectivity index is 3.87. The first-order chi connectivity index (χ1) is 8.10. The van der Waals surface area contributed by atoms with Gasteiger partial charge in [0.05, 0.1) is 0 Å². The molecule has 4 nitrogen and oxygen atoms in total. The summed E-state index contributed by atoms with van der Waals surface area (Å²) in [5.41, 5.74) is 0. The number of rotatable bonds is 9. The van der Waals surface area contributed by atoms with Gasteiger partial charge >= 0.3 is 5.97 Å². The Hall–Kier alpha value is -1.06. The van der Waals surface area contributed by atoms with E-state index in [-0.39, 0.29) is 18.0 Å². The van der Waals surface area contributed by atoms with Crippen LogP contribution in [0.5, 0.6) is 0 Å². The zero-order valence-corrected chi connectivity index (χ0v) is 11.3. The minimum Gasteiger partial charge on any atom is -0.463 e. The van der Waals surface area contributed by atoms with E-state index in [4.69, 9.17) is 4.74 Å². The van der Waals surface area contributed by atoms with Crippen LogP contribution < -0.4 is 5.32 Å². The number of nitrogens with one attached hydrogen (secondary N) is 1. The van der Waals surface area contributed by atoms with Crippen LogP contribution in [0, 0.1) is 0 Å². The Morgan fingerprint density at radius 1 is 1.18 bits per heavy atom. The highest BCUT2D eigenvalue weighted by Gasteiger charge is 2.13. The zero-order chi connectivity index (χ0) is 13.1. The highest BCUT2D eigenvalue weighted by Crippen LogP contribution is 2.13. The predicted molar refractivity (Wildman–Crippen MR) is 67.6 cm³/mol. The van der Waals surface area contributed by atoms with E-state index >= 15 is 0 Å². The van der Waals surface area contributed by atoms with Crippen molar-refractivity contribution in [3.63, 3.8) is 0 Å². The highest BCUT2D eigenvalue weighted by molar-refractivity contribution is 5.75. The molecule has 0 saturated heterocycles. The van der Waals surface area contributed by atoms with Gasteiger partial charge in [0, 0.05) is 20.4 Å². The molecule has 0 aromatic rings. The van der Waals surface area contributed by atoms with E-state index < -0.39 is 0 Å². The summed E-state index contributed by atoms with van der Waals surface area (Å²) in [5.74, 6) is -0.266. The Kier molecular flexibility index (Phi) is 9.49. The second-order valence-corrected chi connectivity index (χ2v) is 4.29. The lowest BCUT2D eigenvalue weighted by atomic mass is 10.1. The molecule has 4 heteroatoms. The van der Waals surface area contributed by atoms with Gasteiger partial charge in [0.1, 0.15) is 6.10 Å². The topological polar surface area (TPSA) is 55.4 Å². The quantitative estimate of drug-likeness (QED) is 0.500. The maximum absolute atomic E-state index is 11.1. The van der Waals surface area contributed by atoms with Gasteiger partial charge in [0.15, 0.2) is 0 Å². The number of amides is 1. The number of carbonyl (C=O) groups excluding carboxylic acids is 2. The van der Waals surface area contributed by atoms with Gasteiger partial charge in [-0.1, -0.05) is 26.2 Å². The normalized spacial score (nSPS) is 11.9. The molecule has 0 aromatic heterocycles. The molecule has 0 aliphatic carbocycles. The van der Waals surface area contributed by atoms with Gasteiger partial charge in [0.25, 0.3) is 0 Å². The Bertz CT molecular complexity index is 229. The van der Waals surface area contributed by atoms with Crippen molar-refractivity contribution in [2.75, 3.05) is 7.05 Å². The third-order valence-corrected chi connectivity index (χ3v) is 2.68. The van der Waals surface area contributed by atoms with Gasteiger partial charge in [-0.3, -0.25) is 9.59 Å². The first-order valence-electron chi connectivity index (χ1n) is 6.48. The van der Waals surface area contributed by atoms with Crippen LogP contribution >= 0.6 is 0 Å². The number of carbonyl (C=O) groups is 2. The summed E-state index contributed by atoms with van der Waals surface area (Å²) in [4.78, 5) is 22.1. The summed E-state index contributed by atoms with van der Waals surface area (Å²) in [6.45, 7) is 3.58. The monoisotopic (exact) mass is 243 g/mol. The van der Waals surface area contributed by atoms with E-state index in [0.717, 1.165) is 19.3 Å². The lowest BCUT2D eigenvalue weighted by molar-refractivity contribution is -0.147. The molecule has 0 aromatic carbocycles. The van der Waals surface area contributed by atoms with Crippen LogP contribution in [-0.4, -0.2) is 25.0 Å². The molecule has 1 atom stereocenters. The molecule has 1 N–H and O–H groups in total. The van der Waals surface area contributed by atoms with E-state index in [1.165, 1.54) is 19.8 Å². The molecule has 0 spiro atoms. The van der Waals surface area contributed by atoms with Gasteiger partial charge in [0.2, 0.25) is 5.91 Å². The number of esters is 1. The summed E-state index contributed by atoms with van der Waals surface area (Å²) in [6, 6.07) is 0. The largest absolute Gasteiger partial charge is 0.463 e. The number of ether oxygens (including phenoxy) is 1. The van der Waals surface area contributed by atoms with Crippen molar-refractivity contribution in [2.24, 2.45) is 0 Å². The fourth-order valence-electron chi connectivity index (χ4n) is 1.71. The van der Waals surface area contributed by atoms with Crippen LogP contribution in [0.4, 0.5) is 0 Å². The third-order valence-electron chi connectivity index (χ3n) is 2.68. The molecule has 0 saturated carbocycles. The van der Waals surface area contributed by atoms with E-state index in [2.05, 4.69) is 12.2 Å². The zero-order valence-electron chi connectivity index (χ0n) is 11.3. The molecule has 0 radical (unpaired) electrons. The smallest absolute Gasteiger partial charge is 0.302 e. The molecular formula is C13H25NO3. The van der Waals surface area contributed by atoms with Gasteiger partial charge in [-0.25, -0.2) is 0 Å². The second kappa shape index (κ2) is 10.1. The molecule has 0 bridgehead atoms. The Labute approximate surface area is 104 Å². The molecule has 17 heavy (non-hydrogen) atoms. The molecule has 100 valence electrons. The van der Waals surface area contributed by atoms with E-state index in [0.29, 0.717) is 12.8 Å². The van der Waals surface area contributed by atoms with Crippen molar-refractivity contribution in [1.82, 2.24) is 5.32 Å². The van der Waals surface area contributed by atoms with Gasteiger partial charge in [-0.05, 0) is 19.3 Å². The third kappa shape index (κ3) is 9.85. The summed E-state index contributed by atoms with van der Waals surface area (Å²) in [5, 5.41) is 2.57. The van der Waals surface area contributed by atoms with Crippen molar-refractivity contribution in [3.05, 3.63) is 0 Å². The van der Waals surface area contributed by atoms with E-state index in [9.17, 15) is 9.59 Å². The van der Waals surface area contributed by atoms with Gasteiger partial charge in [-0.2, -0.15) is 0 Å². The minimum absolute atomic E-state index is 0.00397. The number of hydrogen-bond acceptors (Lipinski definition) is 3. The van der Waals surface area contributed by atoms with Crippen molar-refractivity contribution in [2.45, 2.75) is 64.9 Å². The average molecular weight is 243 g/mol. The molecular weight excluding hydrogens is 218 g/mol. The predicted octanol–water partition coefficient (Wildman–Crippen LogP) is 2.41. The number of hydrogen-bond donors (Lipinski definition) is 1. The standard InChI is InChI=1S/C13H25NO3/c1-4-5-6-7-8-12(17-11(2)15)9-10-13(16)14-3/h12H,4-10H2,1-3H3,(H,14,16)/t12-/m1/s1. The summed E-state index contributed by atoms with van der Waals surface area (Å²) in [6.07, 6.45) is 6.40.